The Balaban J connectivity index is 4.31. The van der Waals surface area contributed by atoms with Crippen molar-refractivity contribution >= 4 is 11.9 Å². The van der Waals surface area contributed by atoms with Gasteiger partial charge >= 0.3 is 11.9 Å². The molecule has 2 unspecified atom stereocenters. The Morgan fingerprint density at radius 3 is 1.35 bits per heavy atom. The number of unbranched alkanes of at least 4 members (excludes halogenated alkanes) is 24. The van der Waals surface area contributed by atoms with Crippen LogP contribution >= 0.6 is 0 Å². The molecule has 0 aliphatic rings. The lowest BCUT2D eigenvalue weighted by Crippen LogP contribution is -2.44. The molecule has 0 bridgehead atoms. The number of ether oxygens (including phenoxy) is 2. The van der Waals surface area contributed by atoms with Crippen molar-refractivity contribution in [1.82, 2.24) is 5.32 Å². The highest BCUT2D eigenvalue weighted by Crippen LogP contribution is 2.14. The SMILES string of the molecule is C=CCCCCCCCCC(=O)OC(C)C(NCCCCCCCC/C=C\CCCCCCCC)OC(=O)CCCCCCCCC=C. The summed E-state index contributed by atoms with van der Waals surface area (Å²) in [5.41, 5.74) is 0. The van der Waals surface area contributed by atoms with Crippen LogP contribution in [0.4, 0.5) is 0 Å². The van der Waals surface area contributed by atoms with Gasteiger partial charge in [-0.3, -0.25) is 14.9 Å². The zero-order valence-corrected chi connectivity index (χ0v) is 31.9. The molecule has 0 aromatic carbocycles. The van der Waals surface area contributed by atoms with Gasteiger partial charge in [-0.1, -0.05) is 140 Å². The van der Waals surface area contributed by atoms with Crippen molar-refractivity contribution in [2.24, 2.45) is 0 Å². The molecule has 0 amide bonds. The zero-order valence-electron chi connectivity index (χ0n) is 31.9. The first-order valence-electron chi connectivity index (χ1n) is 20.5. The molecule has 5 heteroatoms. The van der Waals surface area contributed by atoms with E-state index in [1.54, 1.807) is 0 Å². The van der Waals surface area contributed by atoms with Gasteiger partial charge in [0, 0.05) is 12.8 Å². The third-order valence-electron chi connectivity index (χ3n) is 9.11. The van der Waals surface area contributed by atoms with Gasteiger partial charge in [0.2, 0.25) is 0 Å². The monoisotopic (exact) mass is 674 g/mol. The third kappa shape index (κ3) is 34.0. The number of hydrogen-bond acceptors (Lipinski definition) is 5. The van der Waals surface area contributed by atoms with Gasteiger partial charge in [-0.2, -0.15) is 0 Å². The topological polar surface area (TPSA) is 64.6 Å². The number of allylic oxidation sites excluding steroid dienone is 4. The fourth-order valence-corrected chi connectivity index (χ4v) is 5.98. The summed E-state index contributed by atoms with van der Waals surface area (Å²) in [7, 11) is 0. The summed E-state index contributed by atoms with van der Waals surface area (Å²) in [5, 5.41) is 3.39. The Hall–Kier alpha value is -1.88. The van der Waals surface area contributed by atoms with Crippen LogP contribution in [0.1, 0.15) is 206 Å². The Bertz CT molecular complexity index is 764. The molecule has 0 heterocycles. The summed E-state index contributed by atoms with van der Waals surface area (Å²) in [6, 6.07) is 0. The molecule has 0 rings (SSSR count). The molecule has 1 N–H and O–H groups in total. The first kappa shape index (κ1) is 46.1. The molecule has 0 radical (unpaired) electrons. The molecule has 48 heavy (non-hydrogen) atoms. The van der Waals surface area contributed by atoms with Crippen molar-refractivity contribution in [3.8, 4) is 0 Å². The molecule has 0 saturated heterocycles. The standard InChI is InChI=1S/C43H79NO4/c1-5-8-11-14-17-20-21-22-23-24-25-26-27-30-33-36-39-44-43(48-42(46)38-35-32-29-19-16-13-10-7-3)40(4)47-41(45)37-34-31-28-18-15-12-9-6-2/h6-7,22-23,40,43-44H,2-3,5,8-21,24-39H2,1,4H3/b23-22-. The van der Waals surface area contributed by atoms with Gasteiger partial charge < -0.3 is 9.47 Å². The Morgan fingerprint density at radius 1 is 0.521 bits per heavy atom. The van der Waals surface area contributed by atoms with E-state index in [-0.39, 0.29) is 11.9 Å². The minimum atomic E-state index is -0.603. The second kappa shape index (κ2) is 37.9. The fourth-order valence-electron chi connectivity index (χ4n) is 5.98. The lowest BCUT2D eigenvalue weighted by molar-refractivity contribution is -0.169. The van der Waals surface area contributed by atoms with Crippen molar-refractivity contribution in [3.63, 3.8) is 0 Å². The maximum Gasteiger partial charge on any atom is 0.307 e. The molecule has 0 aromatic heterocycles. The van der Waals surface area contributed by atoms with Gasteiger partial charge in [0.15, 0.2) is 6.23 Å². The predicted octanol–water partition coefficient (Wildman–Crippen LogP) is 13.0. The molecule has 0 aliphatic carbocycles. The van der Waals surface area contributed by atoms with Crippen LogP contribution in [0.5, 0.6) is 0 Å². The molecule has 2 atom stereocenters. The average molecular weight is 674 g/mol. The molecule has 0 aromatic rings. The number of esters is 2. The van der Waals surface area contributed by atoms with E-state index in [0.29, 0.717) is 12.8 Å². The lowest BCUT2D eigenvalue weighted by Gasteiger charge is -2.25. The highest BCUT2D eigenvalue weighted by Gasteiger charge is 2.24. The van der Waals surface area contributed by atoms with Crippen LogP contribution in [-0.4, -0.2) is 30.8 Å². The van der Waals surface area contributed by atoms with Crippen LogP contribution < -0.4 is 5.32 Å². The normalized spacial score (nSPS) is 12.6. The molecule has 0 fully saturated rings. The summed E-state index contributed by atoms with van der Waals surface area (Å²) in [4.78, 5) is 25.3. The highest BCUT2D eigenvalue weighted by molar-refractivity contribution is 5.70. The number of hydrogen-bond donors (Lipinski definition) is 1. The molecule has 0 aliphatic heterocycles. The number of rotatable bonds is 38. The van der Waals surface area contributed by atoms with Gasteiger partial charge in [0.25, 0.3) is 0 Å². The lowest BCUT2D eigenvalue weighted by atomic mass is 10.1. The largest absolute Gasteiger partial charge is 0.457 e. The highest BCUT2D eigenvalue weighted by atomic mass is 16.6. The van der Waals surface area contributed by atoms with Crippen molar-refractivity contribution in [3.05, 3.63) is 37.5 Å². The van der Waals surface area contributed by atoms with Crippen molar-refractivity contribution in [2.75, 3.05) is 6.54 Å². The minimum absolute atomic E-state index is 0.203. The zero-order chi connectivity index (χ0) is 35.2. The van der Waals surface area contributed by atoms with Crippen molar-refractivity contribution in [2.45, 2.75) is 219 Å². The quantitative estimate of drug-likeness (QED) is 0.0306. The molecular weight excluding hydrogens is 594 g/mol. The van der Waals surface area contributed by atoms with Gasteiger partial charge in [0.05, 0.1) is 0 Å². The number of carbonyl (C=O) groups is 2. The van der Waals surface area contributed by atoms with Crippen LogP contribution in [-0.2, 0) is 19.1 Å². The summed E-state index contributed by atoms with van der Waals surface area (Å²) >= 11 is 0. The van der Waals surface area contributed by atoms with E-state index >= 15 is 0 Å². The summed E-state index contributed by atoms with van der Waals surface area (Å²) in [6.45, 7) is 12.4. The second-order valence-electron chi connectivity index (χ2n) is 13.9. The Morgan fingerprint density at radius 2 is 0.896 bits per heavy atom. The first-order chi connectivity index (χ1) is 23.5. The van der Waals surface area contributed by atoms with Crippen LogP contribution in [0.2, 0.25) is 0 Å². The van der Waals surface area contributed by atoms with E-state index in [0.717, 1.165) is 70.8 Å². The van der Waals surface area contributed by atoms with E-state index in [1.807, 2.05) is 19.1 Å². The predicted molar refractivity (Wildman–Crippen MR) is 207 cm³/mol. The van der Waals surface area contributed by atoms with Gasteiger partial charge in [0.1, 0.15) is 6.10 Å². The third-order valence-corrected chi connectivity index (χ3v) is 9.11. The van der Waals surface area contributed by atoms with Gasteiger partial charge in [-0.25, -0.2) is 0 Å². The average Bonchev–Trinajstić information content (AvgIpc) is 3.07. The van der Waals surface area contributed by atoms with Crippen LogP contribution in [0.15, 0.2) is 37.5 Å². The molecule has 0 spiro atoms. The van der Waals surface area contributed by atoms with Crippen molar-refractivity contribution < 1.29 is 19.1 Å². The summed E-state index contributed by atoms with van der Waals surface area (Å²) in [6.07, 6.45) is 41.7. The smallest absolute Gasteiger partial charge is 0.307 e. The Labute approximate surface area is 298 Å². The number of carbonyl (C=O) groups excluding carboxylic acids is 2. The fraction of sp³-hybridized carbons (Fsp3) is 0.814. The Kier molecular flexibility index (Phi) is 36.4. The number of nitrogens with one attached hydrogen (secondary N) is 1. The maximum absolute atomic E-state index is 12.7. The van der Waals surface area contributed by atoms with E-state index in [2.05, 4.69) is 37.6 Å². The maximum atomic E-state index is 12.7. The van der Waals surface area contributed by atoms with E-state index in [1.165, 1.54) is 116 Å². The molecule has 5 nitrogen and oxygen atoms in total. The minimum Gasteiger partial charge on any atom is -0.457 e. The van der Waals surface area contributed by atoms with Gasteiger partial charge in [-0.15, -0.1) is 13.2 Å². The second-order valence-corrected chi connectivity index (χ2v) is 13.9. The summed E-state index contributed by atoms with van der Waals surface area (Å²) in [5.74, 6) is -0.412. The van der Waals surface area contributed by atoms with E-state index in [4.69, 9.17) is 9.47 Å². The van der Waals surface area contributed by atoms with Gasteiger partial charge in [-0.05, 0) is 84.1 Å². The molecule has 0 saturated carbocycles. The molecule has 280 valence electrons. The molecular formula is C43H79NO4. The van der Waals surface area contributed by atoms with Crippen LogP contribution in [0.25, 0.3) is 0 Å². The van der Waals surface area contributed by atoms with E-state index < -0.39 is 12.3 Å². The van der Waals surface area contributed by atoms with Crippen LogP contribution in [0.3, 0.4) is 0 Å². The first-order valence-corrected chi connectivity index (χ1v) is 20.5. The van der Waals surface area contributed by atoms with Crippen molar-refractivity contribution in [1.29, 1.82) is 0 Å². The van der Waals surface area contributed by atoms with E-state index in [9.17, 15) is 9.59 Å². The van der Waals surface area contributed by atoms with Crippen LogP contribution in [0, 0.1) is 0 Å². The summed E-state index contributed by atoms with van der Waals surface area (Å²) < 4.78 is 11.6.